The summed E-state index contributed by atoms with van der Waals surface area (Å²) in [5.41, 5.74) is 1.50. The summed E-state index contributed by atoms with van der Waals surface area (Å²) in [6.07, 6.45) is 2.91. The molecular weight excluding hydrogens is 364 g/mol. The van der Waals surface area contributed by atoms with E-state index in [0.29, 0.717) is 23.7 Å². The second-order valence-corrected chi connectivity index (χ2v) is 5.64. The fourth-order valence-corrected chi connectivity index (χ4v) is 2.37. The van der Waals surface area contributed by atoms with Crippen molar-refractivity contribution in [1.82, 2.24) is 5.32 Å². The van der Waals surface area contributed by atoms with Gasteiger partial charge < -0.3 is 14.8 Å². The van der Waals surface area contributed by atoms with Crippen LogP contribution in [0.5, 0.6) is 11.5 Å². The average molecular weight is 382 g/mol. The van der Waals surface area contributed by atoms with Crippen LogP contribution in [0, 0.1) is 0 Å². The number of rotatable bonds is 8. The molecule has 1 N–H and O–H groups in total. The average Bonchev–Trinajstić information content (AvgIpc) is 2.60. The third kappa shape index (κ3) is 6.37. The summed E-state index contributed by atoms with van der Waals surface area (Å²) in [6.45, 7) is -0.562. The Morgan fingerprint density at radius 3 is 2.73 bits per heavy atom. The highest BCUT2D eigenvalue weighted by atomic mass is 35.5. The van der Waals surface area contributed by atoms with E-state index in [9.17, 15) is 13.6 Å². The molecule has 0 saturated carbocycles. The maximum absolute atomic E-state index is 12.4. The molecule has 7 heteroatoms. The highest BCUT2D eigenvalue weighted by Gasteiger charge is 2.11. The standard InChI is InChI=1S/C19H18ClF2NO3/c1-2-25-17-11-13(6-8-16(17)26-19(21)22)7-9-18(24)23-12-14-4-3-5-15(20)10-14/h3-11,19H,2,12H2,1H3,(H,23,24)/b9-7+. The number of amides is 1. The maximum atomic E-state index is 12.4. The van der Waals surface area contributed by atoms with Crippen molar-refractivity contribution in [3.05, 3.63) is 64.7 Å². The largest absolute Gasteiger partial charge is 0.490 e. The van der Waals surface area contributed by atoms with Crippen LogP contribution in [0.3, 0.4) is 0 Å². The van der Waals surface area contributed by atoms with Gasteiger partial charge >= 0.3 is 6.61 Å². The van der Waals surface area contributed by atoms with Gasteiger partial charge in [0, 0.05) is 17.6 Å². The lowest BCUT2D eigenvalue weighted by molar-refractivity contribution is -0.116. The summed E-state index contributed by atoms with van der Waals surface area (Å²) in [6, 6.07) is 11.6. The van der Waals surface area contributed by atoms with Crippen LogP contribution >= 0.6 is 11.6 Å². The Balaban J connectivity index is 1.99. The minimum atomic E-state index is -2.94. The molecule has 1 amide bonds. The first-order valence-electron chi connectivity index (χ1n) is 7.90. The number of carbonyl (C=O) groups excluding carboxylic acids is 1. The molecule has 2 rings (SSSR count). The van der Waals surface area contributed by atoms with Crippen molar-refractivity contribution in [1.29, 1.82) is 0 Å². The van der Waals surface area contributed by atoms with Crippen molar-refractivity contribution in [2.75, 3.05) is 6.61 Å². The highest BCUT2D eigenvalue weighted by molar-refractivity contribution is 6.30. The number of benzene rings is 2. The fourth-order valence-electron chi connectivity index (χ4n) is 2.16. The van der Waals surface area contributed by atoms with Crippen LogP contribution < -0.4 is 14.8 Å². The van der Waals surface area contributed by atoms with E-state index in [1.54, 1.807) is 37.3 Å². The van der Waals surface area contributed by atoms with E-state index in [1.807, 2.05) is 6.07 Å². The van der Waals surface area contributed by atoms with Gasteiger partial charge in [-0.3, -0.25) is 4.79 Å². The molecule has 0 aliphatic heterocycles. The van der Waals surface area contributed by atoms with Crippen LogP contribution in [0.25, 0.3) is 6.08 Å². The van der Waals surface area contributed by atoms with Crippen molar-refractivity contribution in [3.63, 3.8) is 0 Å². The summed E-state index contributed by atoms with van der Waals surface area (Å²) in [5, 5.41) is 3.33. The molecule has 138 valence electrons. The van der Waals surface area contributed by atoms with E-state index in [1.165, 1.54) is 18.2 Å². The molecule has 0 atom stereocenters. The molecule has 2 aromatic rings. The first-order chi connectivity index (χ1) is 12.5. The number of ether oxygens (including phenoxy) is 2. The Morgan fingerprint density at radius 2 is 2.04 bits per heavy atom. The smallest absolute Gasteiger partial charge is 0.387 e. The Kier molecular flexibility index (Phi) is 7.41. The predicted octanol–water partition coefficient (Wildman–Crippen LogP) is 4.67. The van der Waals surface area contributed by atoms with Crippen molar-refractivity contribution < 1.29 is 23.0 Å². The molecule has 26 heavy (non-hydrogen) atoms. The van der Waals surface area contributed by atoms with Gasteiger partial charge in [-0.05, 0) is 48.4 Å². The minimum absolute atomic E-state index is 0.0515. The van der Waals surface area contributed by atoms with Gasteiger partial charge in [-0.2, -0.15) is 8.78 Å². The molecule has 2 aromatic carbocycles. The molecule has 0 aliphatic rings. The van der Waals surface area contributed by atoms with Crippen LogP contribution in [0.1, 0.15) is 18.1 Å². The number of alkyl halides is 2. The van der Waals surface area contributed by atoms with Gasteiger partial charge in [-0.15, -0.1) is 0 Å². The number of nitrogens with one attached hydrogen (secondary N) is 1. The summed E-state index contributed by atoms with van der Waals surface area (Å²) < 4.78 is 34.5. The Bertz CT molecular complexity index is 781. The van der Waals surface area contributed by atoms with Crippen molar-refractivity contribution in [2.24, 2.45) is 0 Å². The fraction of sp³-hybridized carbons (Fsp3) is 0.211. The van der Waals surface area contributed by atoms with Gasteiger partial charge in [0.05, 0.1) is 6.61 Å². The normalized spacial score (nSPS) is 11.0. The van der Waals surface area contributed by atoms with Gasteiger partial charge in [0.2, 0.25) is 5.91 Å². The molecule has 4 nitrogen and oxygen atoms in total. The third-order valence-corrected chi connectivity index (χ3v) is 3.50. The highest BCUT2D eigenvalue weighted by Crippen LogP contribution is 2.30. The monoisotopic (exact) mass is 381 g/mol. The zero-order valence-corrected chi connectivity index (χ0v) is 14.8. The predicted molar refractivity (Wildman–Crippen MR) is 96.6 cm³/mol. The molecular formula is C19H18ClF2NO3. The lowest BCUT2D eigenvalue weighted by Crippen LogP contribution is -2.20. The third-order valence-electron chi connectivity index (χ3n) is 3.27. The van der Waals surface area contributed by atoms with Crippen molar-refractivity contribution >= 4 is 23.6 Å². The summed E-state index contributed by atoms with van der Waals surface area (Å²) in [7, 11) is 0. The minimum Gasteiger partial charge on any atom is -0.490 e. The molecule has 0 heterocycles. The van der Waals surface area contributed by atoms with Gasteiger partial charge in [0.1, 0.15) is 0 Å². The first kappa shape index (κ1) is 19.7. The Morgan fingerprint density at radius 1 is 1.23 bits per heavy atom. The van der Waals surface area contributed by atoms with Crippen LogP contribution in [0.15, 0.2) is 48.5 Å². The number of hydrogen-bond acceptors (Lipinski definition) is 3. The van der Waals surface area contributed by atoms with Gasteiger partial charge in [-0.25, -0.2) is 0 Å². The zero-order chi connectivity index (χ0) is 18.9. The van der Waals surface area contributed by atoms with Crippen LogP contribution in [-0.2, 0) is 11.3 Å². The van der Waals surface area contributed by atoms with Crippen LogP contribution in [0.2, 0.25) is 5.02 Å². The van der Waals surface area contributed by atoms with E-state index in [4.69, 9.17) is 16.3 Å². The topological polar surface area (TPSA) is 47.6 Å². The summed E-state index contributed by atoms with van der Waals surface area (Å²) in [5.74, 6) is -0.158. The van der Waals surface area contributed by atoms with E-state index >= 15 is 0 Å². The second kappa shape index (κ2) is 9.77. The Labute approximate surface area is 155 Å². The lowest BCUT2D eigenvalue weighted by atomic mass is 10.2. The van der Waals surface area contributed by atoms with Gasteiger partial charge in [0.15, 0.2) is 11.5 Å². The van der Waals surface area contributed by atoms with Gasteiger partial charge in [-0.1, -0.05) is 29.8 Å². The molecule has 0 aromatic heterocycles. The molecule has 0 spiro atoms. The van der Waals surface area contributed by atoms with E-state index in [2.05, 4.69) is 10.1 Å². The quantitative estimate of drug-likeness (QED) is 0.676. The molecule has 0 bridgehead atoms. The molecule has 0 fully saturated rings. The SMILES string of the molecule is CCOc1cc(/C=C/C(=O)NCc2cccc(Cl)c2)ccc1OC(F)F. The zero-order valence-electron chi connectivity index (χ0n) is 14.0. The van der Waals surface area contributed by atoms with E-state index in [0.717, 1.165) is 5.56 Å². The number of carbonyl (C=O) groups is 1. The molecule has 0 saturated heterocycles. The molecule has 0 unspecified atom stereocenters. The second-order valence-electron chi connectivity index (χ2n) is 5.20. The van der Waals surface area contributed by atoms with Crippen molar-refractivity contribution in [2.45, 2.75) is 20.1 Å². The first-order valence-corrected chi connectivity index (χ1v) is 8.27. The summed E-state index contributed by atoms with van der Waals surface area (Å²) in [4.78, 5) is 11.9. The lowest BCUT2D eigenvalue weighted by Gasteiger charge is -2.11. The van der Waals surface area contributed by atoms with Gasteiger partial charge in [0.25, 0.3) is 0 Å². The van der Waals surface area contributed by atoms with Crippen LogP contribution in [-0.4, -0.2) is 19.1 Å². The van der Waals surface area contributed by atoms with E-state index in [-0.39, 0.29) is 17.4 Å². The number of halogens is 3. The van der Waals surface area contributed by atoms with E-state index < -0.39 is 6.61 Å². The van der Waals surface area contributed by atoms with Crippen LogP contribution in [0.4, 0.5) is 8.78 Å². The summed E-state index contributed by atoms with van der Waals surface area (Å²) >= 11 is 5.89. The van der Waals surface area contributed by atoms with Crippen molar-refractivity contribution in [3.8, 4) is 11.5 Å². The Hall–Kier alpha value is -2.60. The molecule has 0 aliphatic carbocycles. The molecule has 0 radical (unpaired) electrons. The number of hydrogen-bond donors (Lipinski definition) is 1. The maximum Gasteiger partial charge on any atom is 0.387 e.